The lowest BCUT2D eigenvalue weighted by molar-refractivity contribution is 1.11. The van der Waals surface area contributed by atoms with Gasteiger partial charge in [0.25, 0.3) is 0 Å². The minimum atomic E-state index is 1.13. The Hall–Kier alpha value is -0.780. The van der Waals surface area contributed by atoms with Crippen molar-refractivity contribution in [1.29, 1.82) is 0 Å². The van der Waals surface area contributed by atoms with E-state index in [1.54, 1.807) is 0 Å². The first kappa shape index (κ1) is 10.2. The number of rotatable bonds is 0. The number of allylic oxidation sites excluding steroid dienone is 6. The zero-order chi connectivity index (χ0) is 8.69. The molecule has 0 aromatic rings. The third-order valence-electron chi connectivity index (χ3n) is 1.43. The van der Waals surface area contributed by atoms with Crippen LogP contribution in [0.3, 0.4) is 0 Å². The average molecular weight is 150 g/mol. The Morgan fingerprint density at radius 3 is 1.64 bits per heavy atom. The van der Waals surface area contributed by atoms with Crippen LogP contribution in [0.15, 0.2) is 35.5 Å². The molecule has 0 radical (unpaired) electrons. The van der Waals surface area contributed by atoms with Gasteiger partial charge in [0.05, 0.1) is 0 Å². The van der Waals surface area contributed by atoms with Gasteiger partial charge in [-0.1, -0.05) is 49.3 Å². The van der Waals surface area contributed by atoms with E-state index in [4.69, 9.17) is 0 Å². The van der Waals surface area contributed by atoms with Gasteiger partial charge in [0.15, 0.2) is 0 Å². The van der Waals surface area contributed by atoms with Crippen LogP contribution < -0.4 is 0 Å². The first-order chi connectivity index (χ1) is 5.29. The average Bonchev–Trinajstić information content (AvgIpc) is 2.18. The van der Waals surface area contributed by atoms with E-state index in [9.17, 15) is 0 Å². The third-order valence-corrected chi connectivity index (χ3v) is 1.43. The quantitative estimate of drug-likeness (QED) is 0.492. The summed E-state index contributed by atoms with van der Waals surface area (Å²) in [5, 5.41) is 0. The smallest absolute Gasteiger partial charge is 0.0108 e. The maximum absolute atomic E-state index is 2.16. The van der Waals surface area contributed by atoms with Gasteiger partial charge in [0.1, 0.15) is 0 Å². The summed E-state index contributed by atoms with van der Waals surface area (Å²) in [6.45, 7) is 8.32. The lowest BCUT2D eigenvalue weighted by Gasteiger charge is -1.95. The first-order valence-electron chi connectivity index (χ1n) is 4.28. The van der Waals surface area contributed by atoms with E-state index in [2.05, 4.69) is 38.2 Å². The van der Waals surface area contributed by atoms with Crippen molar-refractivity contribution >= 4 is 0 Å². The van der Waals surface area contributed by atoms with Gasteiger partial charge in [0.2, 0.25) is 0 Å². The second-order valence-electron chi connectivity index (χ2n) is 2.59. The molecule has 0 N–H and O–H groups in total. The maximum atomic E-state index is 2.16. The normalized spacial score (nSPS) is 15.6. The SMILES string of the molecule is CC.CC1=CC=CC=C(C)C1. The monoisotopic (exact) mass is 150 g/mol. The Balaban J connectivity index is 0.000000461. The zero-order valence-electron chi connectivity index (χ0n) is 8.02. The van der Waals surface area contributed by atoms with Crippen LogP contribution in [0.1, 0.15) is 34.1 Å². The van der Waals surface area contributed by atoms with Gasteiger partial charge in [0, 0.05) is 0 Å². The summed E-state index contributed by atoms with van der Waals surface area (Å²) in [6.07, 6.45) is 9.63. The second kappa shape index (κ2) is 5.96. The molecule has 0 aliphatic heterocycles. The van der Waals surface area contributed by atoms with Crippen LogP contribution in [0.4, 0.5) is 0 Å². The lowest BCUT2D eigenvalue weighted by atomic mass is 10.1. The fraction of sp³-hybridized carbons (Fsp3) is 0.455. The van der Waals surface area contributed by atoms with Gasteiger partial charge >= 0.3 is 0 Å². The summed E-state index contributed by atoms with van der Waals surface area (Å²) in [4.78, 5) is 0. The van der Waals surface area contributed by atoms with Gasteiger partial charge in [-0.25, -0.2) is 0 Å². The number of hydrogen-bond donors (Lipinski definition) is 0. The molecule has 11 heavy (non-hydrogen) atoms. The molecule has 0 aromatic carbocycles. The maximum Gasteiger partial charge on any atom is -0.0108 e. The predicted octanol–water partition coefficient (Wildman–Crippen LogP) is 3.87. The minimum absolute atomic E-state index is 1.13. The molecule has 0 heterocycles. The van der Waals surface area contributed by atoms with E-state index in [1.807, 2.05) is 13.8 Å². The van der Waals surface area contributed by atoms with Crippen molar-refractivity contribution in [2.45, 2.75) is 34.1 Å². The largest absolute Gasteiger partial charge is 0.0693 e. The Bertz CT molecular complexity index is 160. The van der Waals surface area contributed by atoms with Gasteiger partial charge in [-0.15, -0.1) is 0 Å². The predicted molar refractivity (Wildman–Crippen MR) is 52.6 cm³/mol. The van der Waals surface area contributed by atoms with E-state index < -0.39 is 0 Å². The van der Waals surface area contributed by atoms with Crippen LogP contribution in [0.25, 0.3) is 0 Å². The van der Waals surface area contributed by atoms with Crippen LogP contribution in [0, 0.1) is 0 Å². The molecule has 1 aliphatic carbocycles. The topological polar surface area (TPSA) is 0 Å². The Kier molecular flexibility index (Phi) is 5.54. The molecule has 0 fully saturated rings. The van der Waals surface area contributed by atoms with E-state index in [-0.39, 0.29) is 0 Å². The summed E-state index contributed by atoms with van der Waals surface area (Å²) in [5.41, 5.74) is 2.88. The highest BCUT2D eigenvalue weighted by atomic mass is 14.0. The highest BCUT2D eigenvalue weighted by molar-refractivity contribution is 5.26. The van der Waals surface area contributed by atoms with E-state index >= 15 is 0 Å². The fourth-order valence-electron chi connectivity index (χ4n) is 0.997. The van der Waals surface area contributed by atoms with Crippen LogP contribution in [-0.2, 0) is 0 Å². The Morgan fingerprint density at radius 2 is 1.27 bits per heavy atom. The third kappa shape index (κ3) is 4.60. The van der Waals surface area contributed by atoms with Crippen molar-refractivity contribution in [3.05, 3.63) is 35.5 Å². The van der Waals surface area contributed by atoms with Crippen molar-refractivity contribution < 1.29 is 0 Å². The van der Waals surface area contributed by atoms with Crippen molar-refractivity contribution in [2.75, 3.05) is 0 Å². The highest BCUT2D eigenvalue weighted by Gasteiger charge is 1.91. The van der Waals surface area contributed by atoms with E-state index in [1.165, 1.54) is 11.1 Å². The highest BCUT2D eigenvalue weighted by Crippen LogP contribution is 2.12. The van der Waals surface area contributed by atoms with Crippen LogP contribution >= 0.6 is 0 Å². The number of hydrogen-bond acceptors (Lipinski definition) is 0. The van der Waals surface area contributed by atoms with Crippen LogP contribution in [0.5, 0.6) is 0 Å². The molecule has 0 bridgehead atoms. The van der Waals surface area contributed by atoms with Gasteiger partial charge in [-0.05, 0) is 20.3 Å². The van der Waals surface area contributed by atoms with Crippen molar-refractivity contribution in [3.8, 4) is 0 Å². The standard InChI is InChI=1S/C9H12.C2H6/c1-8-5-3-4-6-9(2)7-8;1-2/h3-6H,7H2,1-2H3;1-2H3. The molecule has 0 unspecified atom stereocenters. The first-order valence-corrected chi connectivity index (χ1v) is 4.28. The summed E-state index contributed by atoms with van der Waals surface area (Å²) < 4.78 is 0. The molecule has 0 saturated carbocycles. The summed E-state index contributed by atoms with van der Waals surface area (Å²) in [5.74, 6) is 0. The molecular formula is C11H18. The lowest BCUT2D eigenvalue weighted by Crippen LogP contribution is -1.75. The van der Waals surface area contributed by atoms with Crippen LogP contribution in [0.2, 0.25) is 0 Å². The molecule has 62 valence electrons. The molecule has 0 aromatic heterocycles. The zero-order valence-corrected chi connectivity index (χ0v) is 8.02. The van der Waals surface area contributed by atoms with Gasteiger partial charge < -0.3 is 0 Å². The molecule has 0 saturated heterocycles. The van der Waals surface area contributed by atoms with Crippen molar-refractivity contribution in [2.24, 2.45) is 0 Å². The minimum Gasteiger partial charge on any atom is -0.0693 e. The molecular weight excluding hydrogens is 132 g/mol. The fourth-order valence-corrected chi connectivity index (χ4v) is 0.997. The van der Waals surface area contributed by atoms with E-state index in [0.29, 0.717) is 0 Å². The second-order valence-corrected chi connectivity index (χ2v) is 2.59. The summed E-state index contributed by atoms with van der Waals surface area (Å²) in [7, 11) is 0. The Labute approximate surface area is 70.3 Å². The van der Waals surface area contributed by atoms with Crippen LogP contribution in [-0.4, -0.2) is 0 Å². The van der Waals surface area contributed by atoms with E-state index in [0.717, 1.165) is 6.42 Å². The van der Waals surface area contributed by atoms with Crippen molar-refractivity contribution in [3.63, 3.8) is 0 Å². The Morgan fingerprint density at radius 1 is 0.909 bits per heavy atom. The molecule has 0 heteroatoms. The molecule has 0 amide bonds. The molecule has 0 nitrogen and oxygen atoms in total. The van der Waals surface area contributed by atoms with Gasteiger partial charge in [-0.3, -0.25) is 0 Å². The summed E-state index contributed by atoms with van der Waals surface area (Å²) >= 11 is 0. The van der Waals surface area contributed by atoms with Crippen molar-refractivity contribution in [1.82, 2.24) is 0 Å². The molecule has 0 atom stereocenters. The summed E-state index contributed by atoms with van der Waals surface area (Å²) in [6, 6.07) is 0. The molecule has 1 aliphatic rings. The van der Waals surface area contributed by atoms with Gasteiger partial charge in [-0.2, -0.15) is 0 Å². The molecule has 1 rings (SSSR count). The molecule has 0 spiro atoms.